The summed E-state index contributed by atoms with van der Waals surface area (Å²) in [7, 11) is 3.63. The number of aliphatic hydroxyl groups excluding tert-OH is 2. The third kappa shape index (κ3) is 3.64. The van der Waals surface area contributed by atoms with Crippen LogP contribution in [0.25, 0.3) is 5.76 Å². The van der Waals surface area contributed by atoms with Crippen molar-refractivity contribution in [2.45, 2.75) is 51.0 Å². The molecule has 0 bridgehead atoms. The van der Waals surface area contributed by atoms with Crippen molar-refractivity contribution in [3.8, 4) is 17.6 Å². The summed E-state index contributed by atoms with van der Waals surface area (Å²) in [5.74, 6) is -0.482. The molecule has 1 aromatic rings. The predicted octanol–water partition coefficient (Wildman–Crippen LogP) is 2.03. The Morgan fingerprint density at radius 3 is 2.53 bits per heavy atom. The van der Waals surface area contributed by atoms with Gasteiger partial charge in [-0.2, -0.15) is 0 Å². The summed E-state index contributed by atoms with van der Waals surface area (Å²) in [6.45, 7) is 2.05. The zero-order chi connectivity index (χ0) is 26.5. The van der Waals surface area contributed by atoms with E-state index in [9.17, 15) is 34.8 Å². The summed E-state index contributed by atoms with van der Waals surface area (Å²) in [5.41, 5.74) is 3.34. The second-order valence-corrected chi connectivity index (χ2v) is 9.85. The number of amides is 1. The number of primary amides is 1. The van der Waals surface area contributed by atoms with E-state index in [2.05, 4.69) is 11.8 Å². The molecule has 3 aliphatic rings. The van der Waals surface area contributed by atoms with E-state index in [1.807, 2.05) is 25.9 Å². The zero-order valence-electron chi connectivity index (χ0n) is 20.5. The molecule has 1 fully saturated rings. The lowest BCUT2D eigenvalue weighted by atomic mass is 9.59. The highest BCUT2D eigenvalue weighted by atomic mass is 16.3. The van der Waals surface area contributed by atoms with E-state index in [-0.39, 0.29) is 36.1 Å². The fraction of sp³-hybridized carbons (Fsp3) is 0.444. The average Bonchev–Trinajstić information content (AvgIpc) is 2.79. The van der Waals surface area contributed by atoms with Crippen LogP contribution in [0, 0.1) is 23.7 Å². The number of aromatic hydroxyl groups is 1. The molecular formula is C27H30N2O7. The number of phenolic OH excluding ortho intramolecular Hbond substituents is 1. The molecular weight excluding hydrogens is 464 g/mol. The topological polar surface area (TPSA) is 161 Å². The van der Waals surface area contributed by atoms with Gasteiger partial charge in [0.2, 0.25) is 5.78 Å². The van der Waals surface area contributed by atoms with Crippen LogP contribution in [0.3, 0.4) is 0 Å². The minimum absolute atomic E-state index is 0.0492. The van der Waals surface area contributed by atoms with E-state index in [1.165, 1.54) is 0 Å². The maximum absolute atomic E-state index is 13.6. The Morgan fingerprint density at radius 2 is 1.92 bits per heavy atom. The number of hydrogen-bond acceptors (Lipinski definition) is 8. The number of hydrogen-bond donors (Lipinski definition) is 5. The molecule has 0 unspecified atom stereocenters. The standard InChI is InChI=1S/C27H30N2O7/c1-4-5-6-7-8-13-11-17(29(2)3)16-10-14-9-15-12-18(30)21(26(28)35)25(34)27(15,36)24(33)19(14)23(32)20(16)22(13)31/h11,14-15,31-32,34,36H,4-6,9-10,12H2,1-3H3,(H2,28,35)/t14-,15+,27+/m1/s1. The third-order valence-corrected chi connectivity index (χ3v) is 7.40. The maximum atomic E-state index is 13.6. The molecule has 36 heavy (non-hydrogen) atoms. The molecule has 1 amide bonds. The number of carbonyl (C=O) groups excluding carboxylic acids is 3. The molecule has 0 radical (unpaired) electrons. The largest absolute Gasteiger partial charge is 0.508 e. The van der Waals surface area contributed by atoms with Crippen LogP contribution in [0.5, 0.6) is 5.75 Å². The first-order valence-electron chi connectivity index (χ1n) is 12.0. The number of nitrogens with zero attached hydrogens (tertiary/aromatic N) is 1. The first kappa shape index (κ1) is 25.3. The van der Waals surface area contributed by atoms with Gasteiger partial charge in [0.25, 0.3) is 5.91 Å². The summed E-state index contributed by atoms with van der Waals surface area (Å²) in [6, 6.07) is 1.74. The van der Waals surface area contributed by atoms with E-state index in [4.69, 9.17) is 5.73 Å². The zero-order valence-corrected chi connectivity index (χ0v) is 20.5. The van der Waals surface area contributed by atoms with E-state index < -0.39 is 52.0 Å². The fourth-order valence-corrected chi connectivity index (χ4v) is 5.59. The van der Waals surface area contributed by atoms with Gasteiger partial charge in [0, 0.05) is 44.1 Å². The molecule has 9 nitrogen and oxygen atoms in total. The van der Waals surface area contributed by atoms with Gasteiger partial charge in [0.1, 0.15) is 22.8 Å². The van der Waals surface area contributed by atoms with Crippen molar-refractivity contribution in [3.05, 3.63) is 39.7 Å². The summed E-state index contributed by atoms with van der Waals surface area (Å²) >= 11 is 0. The van der Waals surface area contributed by atoms with Gasteiger partial charge < -0.3 is 31.1 Å². The number of Topliss-reactive ketones (excluding diaryl/α,β-unsaturated/α-hetero) is 2. The van der Waals surface area contributed by atoms with Gasteiger partial charge in [0.05, 0.1) is 11.1 Å². The molecule has 190 valence electrons. The van der Waals surface area contributed by atoms with Crippen LogP contribution in [-0.4, -0.2) is 57.6 Å². The van der Waals surface area contributed by atoms with Gasteiger partial charge >= 0.3 is 0 Å². The lowest BCUT2D eigenvalue weighted by molar-refractivity contribution is -0.147. The van der Waals surface area contributed by atoms with Gasteiger partial charge in [-0.05, 0) is 36.8 Å². The first-order valence-corrected chi connectivity index (χ1v) is 12.0. The number of carbonyl (C=O) groups is 3. The van der Waals surface area contributed by atoms with Crippen LogP contribution in [-0.2, 0) is 20.8 Å². The Morgan fingerprint density at radius 1 is 1.22 bits per heavy atom. The second-order valence-electron chi connectivity index (χ2n) is 9.85. The number of fused-ring (bicyclic) bond motifs is 3. The van der Waals surface area contributed by atoms with Crippen molar-refractivity contribution in [1.82, 2.24) is 0 Å². The molecule has 4 rings (SSSR count). The Balaban J connectivity index is 1.92. The number of phenols is 1. The summed E-state index contributed by atoms with van der Waals surface area (Å²) in [6.07, 6.45) is 2.50. The second kappa shape index (κ2) is 9.03. The molecule has 6 N–H and O–H groups in total. The van der Waals surface area contributed by atoms with Crippen LogP contribution in [0.4, 0.5) is 5.69 Å². The van der Waals surface area contributed by atoms with Crippen molar-refractivity contribution in [1.29, 1.82) is 0 Å². The molecule has 3 atom stereocenters. The lowest BCUT2D eigenvalue weighted by Crippen LogP contribution is -2.58. The highest BCUT2D eigenvalue weighted by Gasteiger charge is 2.60. The SMILES string of the molecule is CCCCC#Cc1cc(N(C)C)c2c(c1O)C(O)=C1C(=O)[C@]3(O)C(O)=C(C(N)=O)C(=O)C[C@@H]3C[C@@H]1C2. The molecule has 0 spiro atoms. The monoisotopic (exact) mass is 494 g/mol. The maximum Gasteiger partial charge on any atom is 0.255 e. The van der Waals surface area contributed by atoms with E-state index in [0.29, 0.717) is 23.2 Å². The Labute approximate surface area is 208 Å². The summed E-state index contributed by atoms with van der Waals surface area (Å²) in [5, 5.41) is 44.4. The van der Waals surface area contributed by atoms with Gasteiger partial charge in [-0.15, -0.1) is 0 Å². The highest BCUT2D eigenvalue weighted by molar-refractivity contribution is 6.22. The van der Waals surface area contributed by atoms with Crippen LogP contribution in [0.1, 0.15) is 55.7 Å². The Bertz CT molecular complexity index is 1310. The van der Waals surface area contributed by atoms with Crippen molar-refractivity contribution >= 4 is 28.9 Å². The smallest absolute Gasteiger partial charge is 0.255 e. The Kier molecular flexibility index (Phi) is 6.35. The number of ketones is 2. The molecule has 1 saturated carbocycles. The van der Waals surface area contributed by atoms with Crippen LogP contribution in [0.15, 0.2) is 23.0 Å². The molecule has 0 aromatic heterocycles. The number of nitrogens with two attached hydrogens (primary N) is 1. The molecule has 9 heteroatoms. The van der Waals surface area contributed by atoms with Gasteiger partial charge in [-0.25, -0.2) is 0 Å². The number of aliphatic hydroxyl groups is 3. The number of benzene rings is 1. The van der Waals surface area contributed by atoms with Crippen LogP contribution in [0.2, 0.25) is 0 Å². The fourth-order valence-electron chi connectivity index (χ4n) is 5.59. The van der Waals surface area contributed by atoms with Crippen LogP contribution < -0.4 is 10.6 Å². The minimum atomic E-state index is -2.58. The molecule has 0 saturated heterocycles. The molecule has 0 heterocycles. The van der Waals surface area contributed by atoms with E-state index >= 15 is 0 Å². The average molecular weight is 495 g/mol. The van der Waals surface area contributed by atoms with Crippen molar-refractivity contribution in [2.24, 2.45) is 17.6 Å². The Hall–Kier alpha value is -3.77. The van der Waals surface area contributed by atoms with Crippen LogP contribution >= 0.6 is 0 Å². The predicted molar refractivity (Wildman–Crippen MR) is 132 cm³/mol. The number of unbranched alkanes of at least 4 members (excludes halogenated alkanes) is 2. The van der Waals surface area contributed by atoms with Crippen molar-refractivity contribution in [3.63, 3.8) is 0 Å². The number of anilines is 1. The first-order chi connectivity index (χ1) is 16.9. The highest BCUT2D eigenvalue weighted by Crippen LogP contribution is 2.53. The van der Waals surface area contributed by atoms with Gasteiger partial charge in [-0.1, -0.05) is 25.2 Å². The van der Waals surface area contributed by atoms with Gasteiger partial charge in [-0.3, -0.25) is 14.4 Å². The van der Waals surface area contributed by atoms with E-state index in [1.54, 1.807) is 6.07 Å². The minimum Gasteiger partial charge on any atom is -0.508 e. The quantitative estimate of drug-likeness (QED) is 0.241. The normalized spacial score (nSPS) is 25.0. The van der Waals surface area contributed by atoms with Gasteiger partial charge in [0.15, 0.2) is 11.4 Å². The third-order valence-electron chi connectivity index (χ3n) is 7.40. The number of rotatable bonds is 4. The van der Waals surface area contributed by atoms with Crippen molar-refractivity contribution < 1.29 is 34.8 Å². The van der Waals surface area contributed by atoms with E-state index in [0.717, 1.165) is 12.8 Å². The van der Waals surface area contributed by atoms with Crippen molar-refractivity contribution in [2.75, 3.05) is 19.0 Å². The summed E-state index contributed by atoms with van der Waals surface area (Å²) < 4.78 is 0. The molecule has 0 aliphatic heterocycles. The lowest BCUT2D eigenvalue weighted by Gasteiger charge is -2.46. The molecule has 1 aromatic carbocycles. The summed E-state index contributed by atoms with van der Waals surface area (Å²) in [4.78, 5) is 39.7. The molecule has 3 aliphatic carbocycles.